The fraction of sp³-hybridized carbons (Fsp3) is 0.562. The summed E-state index contributed by atoms with van der Waals surface area (Å²) in [6, 6.07) is 8.23. The van der Waals surface area contributed by atoms with Gasteiger partial charge in [-0.1, -0.05) is 0 Å². The van der Waals surface area contributed by atoms with E-state index in [1.807, 2.05) is 38.2 Å². The third kappa shape index (κ3) is 3.97. The number of carbonyl (C=O) groups is 1. The van der Waals surface area contributed by atoms with Gasteiger partial charge in [0.25, 0.3) is 5.91 Å². The highest BCUT2D eigenvalue weighted by molar-refractivity contribution is 5.94. The summed E-state index contributed by atoms with van der Waals surface area (Å²) >= 11 is 0. The molecule has 0 heterocycles. The van der Waals surface area contributed by atoms with Crippen molar-refractivity contribution < 1.29 is 9.53 Å². The van der Waals surface area contributed by atoms with Crippen molar-refractivity contribution in [3.63, 3.8) is 0 Å². The molecule has 4 nitrogen and oxygen atoms in total. The molecule has 0 aromatic heterocycles. The second-order valence-corrected chi connectivity index (χ2v) is 5.27. The third-order valence-corrected chi connectivity index (χ3v) is 3.90. The number of nitrogens with one attached hydrogen (secondary N) is 2. The van der Waals surface area contributed by atoms with E-state index in [1.165, 1.54) is 0 Å². The summed E-state index contributed by atoms with van der Waals surface area (Å²) in [6.45, 7) is 2.59. The number of carbonyl (C=O) groups excluding carboxylic acids is 1. The zero-order valence-electron chi connectivity index (χ0n) is 12.3. The van der Waals surface area contributed by atoms with Crippen molar-refractivity contribution in [2.45, 2.75) is 44.7 Å². The van der Waals surface area contributed by atoms with E-state index in [-0.39, 0.29) is 5.91 Å². The van der Waals surface area contributed by atoms with Crippen LogP contribution in [0.4, 0.5) is 0 Å². The molecule has 20 heavy (non-hydrogen) atoms. The molecule has 4 heteroatoms. The van der Waals surface area contributed by atoms with Crippen molar-refractivity contribution in [2.24, 2.45) is 0 Å². The van der Waals surface area contributed by atoms with Crippen molar-refractivity contribution >= 4 is 5.91 Å². The number of hydrogen-bond donors (Lipinski definition) is 2. The molecule has 1 saturated carbocycles. The van der Waals surface area contributed by atoms with Crippen LogP contribution in [0.3, 0.4) is 0 Å². The summed E-state index contributed by atoms with van der Waals surface area (Å²) in [5.74, 6) is 0.819. The first kappa shape index (κ1) is 14.9. The first-order chi connectivity index (χ1) is 9.72. The molecule has 0 radical (unpaired) electrons. The molecule has 0 unspecified atom stereocenters. The van der Waals surface area contributed by atoms with Gasteiger partial charge in [-0.3, -0.25) is 4.79 Å². The van der Waals surface area contributed by atoms with Crippen LogP contribution in [0.15, 0.2) is 24.3 Å². The van der Waals surface area contributed by atoms with Crippen LogP contribution in [-0.4, -0.2) is 31.6 Å². The highest BCUT2D eigenvalue weighted by Gasteiger charge is 2.21. The summed E-state index contributed by atoms with van der Waals surface area (Å²) < 4.78 is 5.38. The maximum Gasteiger partial charge on any atom is 0.251 e. The fourth-order valence-electron chi connectivity index (χ4n) is 2.66. The van der Waals surface area contributed by atoms with Crippen LogP contribution in [0, 0.1) is 0 Å². The average Bonchev–Trinajstić information content (AvgIpc) is 2.49. The summed E-state index contributed by atoms with van der Waals surface area (Å²) in [4.78, 5) is 12.2. The van der Waals surface area contributed by atoms with Crippen molar-refractivity contribution in [3.8, 4) is 5.75 Å². The molecule has 2 rings (SSSR count). The maximum absolute atomic E-state index is 12.2. The predicted molar refractivity (Wildman–Crippen MR) is 80.2 cm³/mol. The van der Waals surface area contributed by atoms with Gasteiger partial charge >= 0.3 is 0 Å². The van der Waals surface area contributed by atoms with Crippen molar-refractivity contribution in [3.05, 3.63) is 29.8 Å². The summed E-state index contributed by atoms with van der Waals surface area (Å²) in [5.41, 5.74) is 0.698. The van der Waals surface area contributed by atoms with Crippen LogP contribution in [0.2, 0.25) is 0 Å². The summed E-state index contributed by atoms with van der Waals surface area (Å²) in [7, 11) is 2.00. The predicted octanol–water partition coefficient (Wildman–Crippen LogP) is 2.35. The van der Waals surface area contributed by atoms with Crippen molar-refractivity contribution in [1.29, 1.82) is 0 Å². The van der Waals surface area contributed by atoms with Gasteiger partial charge in [0.2, 0.25) is 0 Å². The number of rotatable bonds is 5. The van der Waals surface area contributed by atoms with Gasteiger partial charge in [0.05, 0.1) is 6.61 Å². The van der Waals surface area contributed by atoms with E-state index in [0.717, 1.165) is 31.4 Å². The lowest BCUT2D eigenvalue weighted by molar-refractivity contribution is 0.0924. The van der Waals surface area contributed by atoms with Gasteiger partial charge in [0.1, 0.15) is 5.75 Å². The Hall–Kier alpha value is -1.55. The number of benzene rings is 1. The lowest BCUT2D eigenvalue weighted by atomic mass is 9.91. The first-order valence-corrected chi connectivity index (χ1v) is 7.44. The van der Waals surface area contributed by atoms with Crippen LogP contribution in [0.5, 0.6) is 5.75 Å². The Kier molecular flexibility index (Phi) is 5.41. The molecule has 1 aliphatic rings. The van der Waals surface area contributed by atoms with Gasteiger partial charge < -0.3 is 15.4 Å². The Morgan fingerprint density at radius 3 is 2.30 bits per heavy atom. The number of amides is 1. The van der Waals surface area contributed by atoms with Crippen molar-refractivity contribution in [2.75, 3.05) is 13.7 Å². The minimum atomic E-state index is 0.0148. The van der Waals surface area contributed by atoms with Gasteiger partial charge in [-0.05, 0) is 63.9 Å². The molecule has 0 saturated heterocycles. The molecular formula is C16H24N2O2. The van der Waals surface area contributed by atoms with Gasteiger partial charge in [0.15, 0.2) is 0 Å². The standard InChI is InChI=1S/C16H24N2O2/c1-3-20-15-10-4-12(5-11-15)16(19)18-14-8-6-13(17-2)7-9-14/h4-5,10-11,13-14,17H,3,6-9H2,1-2H3,(H,18,19). The first-order valence-electron chi connectivity index (χ1n) is 7.44. The van der Waals surface area contributed by atoms with Crippen molar-refractivity contribution in [1.82, 2.24) is 10.6 Å². The molecule has 1 aromatic rings. The molecule has 0 atom stereocenters. The molecule has 0 aliphatic heterocycles. The Bertz CT molecular complexity index is 423. The largest absolute Gasteiger partial charge is 0.494 e. The fourth-order valence-corrected chi connectivity index (χ4v) is 2.66. The van der Waals surface area contributed by atoms with Gasteiger partial charge in [-0.25, -0.2) is 0 Å². The Labute approximate surface area is 120 Å². The number of hydrogen-bond acceptors (Lipinski definition) is 3. The van der Waals surface area contributed by atoms with Crippen LogP contribution < -0.4 is 15.4 Å². The van der Waals surface area contributed by atoms with E-state index < -0.39 is 0 Å². The highest BCUT2D eigenvalue weighted by atomic mass is 16.5. The van der Waals surface area contributed by atoms with E-state index in [9.17, 15) is 4.79 Å². The van der Waals surface area contributed by atoms with Crippen LogP contribution in [-0.2, 0) is 0 Å². The zero-order chi connectivity index (χ0) is 14.4. The smallest absolute Gasteiger partial charge is 0.251 e. The quantitative estimate of drug-likeness (QED) is 0.868. The molecule has 1 fully saturated rings. The van der Waals surface area contributed by atoms with E-state index in [4.69, 9.17) is 4.74 Å². The molecule has 1 aromatic carbocycles. The Balaban J connectivity index is 1.85. The normalized spacial score (nSPS) is 22.3. The van der Waals surface area contributed by atoms with E-state index >= 15 is 0 Å². The minimum Gasteiger partial charge on any atom is -0.494 e. The highest BCUT2D eigenvalue weighted by Crippen LogP contribution is 2.19. The second kappa shape index (κ2) is 7.29. The molecule has 2 N–H and O–H groups in total. The Morgan fingerprint density at radius 1 is 1.15 bits per heavy atom. The van der Waals surface area contributed by atoms with Crippen LogP contribution in [0.1, 0.15) is 43.0 Å². The number of ether oxygens (including phenoxy) is 1. The molecular weight excluding hydrogens is 252 g/mol. The molecule has 1 aliphatic carbocycles. The van der Waals surface area contributed by atoms with E-state index in [2.05, 4.69) is 10.6 Å². The molecule has 1 amide bonds. The van der Waals surface area contributed by atoms with Gasteiger partial charge in [0, 0.05) is 17.6 Å². The monoisotopic (exact) mass is 276 g/mol. The Morgan fingerprint density at radius 2 is 1.75 bits per heavy atom. The summed E-state index contributed by atoms with van der Waals surface area (Å²) in [6.07, 6.45) is 4.36. The van der Waals surface area contributed by atoms with Crippen LogP contribution in [0.25, 0.3) is 0 Å². The van der Waals surface area contributed by atoms with E-state index in [0.29, 0.717) is 24.3 Å². The SMILES string of the molecule is CCOc1ccc(C(=O)NC2CCC(NC)CC2)cc1. The van der Waals surface area contributed by atoms with Gasteiger partial charge in [-0.2, -0.15) is 0 Å². The van der Waals surface area contributed by atoms with Crippen LogP contribution >= 0.6 is 0 Å². The second-order valence-electron chi connectivity index (χ2n) is 5.27. The molecule has 110 valence electrons. The average molecular weight is 276 g/mol. The van der Waals surface area contributed by atoms with E-state index in [1.54, 1.807) is 0 Å². The molecule has 0 spiro atoms. The minimum absolute atomic E-state index is 0.0148. The molecule has 0 bridgehead atoms. The lowest BCUT2D eigenvalue weighted by Crippen LogP contribution is -2.41. The maximum atomic E-state index is 12.2. The van der Waals surface area contributed by atoms with Gasteiger partial charge in [-0.15, -0.1) is 0 Å². The lowest BCUT2D eigenvalue weighted by Gasteiger charge is -2.28. The zero-order valence-corrected chi connectivity index (χ0v) is 12.3. The summed E-state index contributed by atoms with van der Waals surface area (Å²) in [5, 5.41) is 6.42. The topological polar surface area (TPSA) is 50.4 Å². The third-order valence-electron chi connectivity index (χ3n) is 3.90.